The lowest BCUT2D eigenvalue weighted by molar-refractivity contribution is -0.196. The van der Waals surface area contributed by atoms with E-state index in [-0.39, 0.29) is 11.9 Å². The standard InChI is InChI=1S/C16H24O4/c1-3-18-15(17)11(2)14-7-12-6-13(8-14)10-16(9-12)19-4-5-20-16/h4-5,11-14H,3,6-10H2,1-2H3. The highest BCUT2D eigenvalue weighted by Crippen LogP contribution is 2.51. The van der Waals surface area contributed by atoms with Gasteiger partial charge >= 0.3 is 5.97 Å². The van der Waals surface area contributed by atoms with E-state index in [1.807, 2.05) is 13.8 Å². The summed E-state index contributed by atoms with van der Waals surface area (Å²) in [6.45, 7) is 4.36. The van der Waals surface area contributed by atoms with Crippen molar-refractivity contribution in [2.45, 2.75) is 51.7 Å². The summed E-state index contributed by atoms with van der Waals surface area (Å²) in [4.78, 5) is 11.9. The molecule has 1 aliphatic heterocycles. The third-order valence-electron chi connectivity index (χ3n) is 5.12. The number of hydrogen-bond donors (Lipinski definition) is 0. The summed E-state index contributed by atoms with van der Waals surface area (Å²) in [6, 6.07) is 0. The van der Waals surface area contributed by atoms with Crippen LogP contribution in [-0.2, 0) is 19.0 Å². The topological polar surface area (TPSA) is 44.8 Å². The molecule has 0 aromatic rings. The van der Waals surface area contributed by atoms with Gasteiger partial charge in [0.1, 0.15) is 12.5 Å². The van der Waals surface area contributed by atoms with Gasteiger partial charge < -0.3 is 14.2 Å². The lowest BCUT2D eigenvalue weighted by Gasteiger charge is -2.46. The minimum atomic E-state index is -0.397. The Morgan fingerprint density at radius 1 is 1.25 bits per heavy atom. The van der Waals surface area contributed by atoms with Crippen molar-refractivity contribution >= 4 is 5.97 Å². The van der Waals surface area contributed by atoms with Crippen molar-refractivity contribution in [3.8, 4) is 0 Å². The molecule has 3 unspecified atom stereocenters. The highest BCUT2D eigenvalue weighted by Gasteiger charge is 2.49. The largest absolute Gasteiger partial charge is 0.466 e. The first-order valence-electron chi connectivity index (χ1n) is 7.79. The summed E-state index contributed by atoms with van der Waals surface area (Å²) >= 11 is 0. The van der Waals surface area contributed by atoms with Crippen LogP contribution in [0.3, 0.4) is 0 Å². The van der Waals surface area contributed by atoms with Crippen molar-refractivity contribution in [2.24, 2.45) is 23.7 Å². The number of hydrogen-bond acceptors (Lipinski definition) is 4. The molecule has 2 fully saturated rings. The minimum Gasteiger partial charge on any atom is -0.466 e. The molecule has 0 N–H and O–H groups in total. The molecule has 20 heavy (non-hydrogen) atoms. The van der Waals surface area contributed by atoms with Gasteiger partial charge in [0, 0.05) is 12.8 Å². The van der Waals surface area contributed by atoms with Crippen molar-refractivity contribution in [1.29, 1.82) is 0 Å². The van der Waals surface area contributed by atoms with Crippen LogP contribution in [0.2, 0.25) is 0 Å². The second kappa shape index (κ2) is 5.30. The molecule has 3 rings (SSSR count). The Bertz CT molecular complexity index is 379. The molecule has 4 heteroatoms. The Morgan fingerprint density at radius 2 is 1.85 bits per heavy atom. The summed E-state index contributed by atoms with van der Waals surface area (Å²) < 4.78 is 16.6. The Balaban J connectivity index is 1.63. The first-order chi connectivity index (χ1) is 9.62. The van der Waals surface area contributed by atoms with Gasteiger partial charge in [-0.15, -0.1) is 0 Å². The minimum absolute atomic E-state index is 0.0119. The molecule has 3 aliphatic rings. The van der Waals surface area contributed by atoms with Crippen molar-refractivity contribution in [2.75, 3.05) is 6.61 Å². The van der Waals surface area contributed by atoms with E-state index in [1.165, 1.54) is 6.42 Å². The number of rotatable bonds is 3. The predicted molar refractivity (Wildman–Crippen MR) is 73.4 cm³/mol. The van der Waals surface area contributed by atoms with Crippen molar-refractivity contribution in [3.05, 3.63) is 12.5 Å². The average molecular weight is 280 g/mol. The lowest BCUT2D eigenvalue weighted by atomic mass is 9.63. The van der Waals surface area contributed by atoms with Crippen LogP contribution in [0.15, 0.2) is 12.5 Å². The molecule has 0 radical (unpaired) electrons. The number of esters is 1. The van der Waals surface area contributed by atoms with E-state index >= 15 is 0 Å². The number of fused-ring (bicyclic) bond motifs is 2. The molecule has 0 aromatic heterocycles. The molecule has 0 amide bonds. The molecule has 2 bridgehead atoms. The van der Waals surface area contributed by atoms with E-state index in [0.29, 0.717) is 24.4 Å². The highest BCUT2D eigenvalue weighted by molar-refractivity contribution is 5.72. The lowest BCUT2D eigenvalue weighted by Crippen LogP contribution is -2.45. The SMILES string of the molecule is CCOC(=O)C(C)C1CC2CC(C1)CC1(C2)OC=CO1. The Morgan fingerprint density at radius 3 is 2.40 bits per heavy atom. The first-order valence-corrected chi connectivity index (χ1v) is 7.79. The number of carbonyl (C=O) groups excluding carboxylic acids is 1. The zero-order valence-corrected chi connectivity index (χ0v) is 12.3. The van der Waals surface area contributed by atoms with Crippen molar-refractivity contribution in [3.63, 3.8) is 0 Å². The highest BCUT2D eigenvalue weighted by atomic mass is 16.7. The normalized spacial score (nSPS) is 35.2. The zero-order chi connectivity index (χ0) is 14.2. The van der Waals surface area contributed by atoms with Crippen LogP contribution in [0.25, 0.3) is 0 Å². The molecule has 3 atom stereocenters. The zero-order valence-electron chi connectivity index (χ0n) is 12.3. The van der Waals surface area contributed by atoms with Gasteiger partial charge in [0.05, 0.1) is 12.5 Å². The Kier molecular flexibility index (Phi) is 3.65. The summed E-state index contributed by atoms with van der Waals surface area (Å²) in [5.74, 6) is 1.23. The van der Waals surface area contributed by atoms with Crippen molar-refractivity contribution < 1.29 is 19.0 Å². The molecule has 0 saturated heterocycles. The van der Waals surface area contributed by atoms with Gasteiger partial charge in [0.15, 0.2) is 0 Å². The van der Waals surface area contributed by atoms with Crippen molar-refractivity contribution in [1.82, 2.24) is 0 Å². The maximum atomic E-state index is 11.9. The van der Waals surface area contributed by atoms with Crippen LogP contribution >= 0.6 is 0 Å². The molecule has 112 valence electrons. The maximum absolute atomic E-state index is 11.9. The van der Waals surface area contributed by atoms with Crippen LogP contribution < -0.4 is 0 Å². The first kappa shape index (κ1) is 13.8. The van der Waals surface area contributed by atoms with Gasteiger partial charge in [0.2, 0.25) is 5.79 Å². The van der Waals surface area contributed by atoms with Crippen LogP contribution in [0.5, 0.6) is 0 Å². The van der Waals surface area contributed by atoms with Gasteiger partial charge in [-0.3, -0.25) is 4.79 Å². The molecule has 1 heterocycles. The molecular weight excluding hydrogens is 256 g/mol. The quantitative estimate of drug-likeness (QED) is 0.745. The van der Waals surface area contributed by atoms with Gasteiger partial charge in [-0.2, -0.15) is 0 Å². The van der Waals surface area contributed by atoms with Crippen LogP contribution in [0, 0.1) is 23.7 Å². The molecule has 2 aliphatic carbocycles. The fourth-order valence-corrected chi connectivity index (χ4v) is 4.31. The third-order valence-corrected chi connectivity index (χ3v) is 5.12. The van der Waals surface area contributed by atoms with Gasteiger partial charge in [-0.05, 0) is 43.9 Å². The Hall–Kier alpha value is -1.19. The Labute approximate surface area is 120 Å². The molecule has 1 spiro atoms. The van der Waals surface area contributed by atoms with E-state index in [9.17, 15) is 4.79 Å². The average Bonchev–Trinajstić information content (AvgIpc) is 2.84. The third kappa shape index (κ3) is 2.52. The molecule has 0 aromatic carbocycles. The predicted octanol–water partition coefficient (Wildman–Crippen LogP) is 3.23. The van der Waals surface area contributed by atoms with E-state index < -0.39 is 5.79 Å². The van der Waals surface area contributed by atoms with E-state index in [4.69, 9.17) is 14.2 Å². The molecular formula is C16H24O4. The monoisotopic (exact) mass is 280 g/mol. The molecule has 4 nitrogen and oxygen atoms in total. The van der Waals surface area contributed by atoms with Crippen LogP contribution in [-0.4, -0.2) is 18.4 Å². The van der Waals surface area contributed by atoms with E-state index in [0.717, 1.165) is 25.7 Å². The van der Waals surface area contributed by atoms with Crippen LogP contribution in [0.4, 0.5) is 0 Å². The maximum Gasteiger partial charge on any atom is 0.308 e. The van der Waals surface area contributed by atoms with Gasteiger partial charge in [-0.1, -0.05) is 6.92 Å². The second-order valence-electron chi connectivity index (χ2n) is 6.57. The summed E-state index contributed by atoms with van der Waals surface area (Å²) in [5.41, 5.74) is 0. The van der Waals surface area contributed by atoms with Crippen LogP contribution in [0.1, 0.15) is 46.0 Å². The summed E-state index contributed by atoms with van der Waals surface area (Å²) in [5, 5.41) is 0. The van der Waals surface area contributed by atoms with E-state index in [2.05, 4.69) is 0 Å². The second-order valence-corrected chi connectivity index (χ2v) is 6.57. The van der Waals surface area contributed by atoms with Gasteiger partial charge in [-0.25, -0.2) is 0 Å². The summed E-state index contributed by atoms with van der Waals surface area (Å²) in [6.07, 6.45) is 8.65. The number of carbonyl (C=O) groups is 1. The van der Waals surface area contributed by atoms with E-state index in [1.54, 1.807) is 12.5 Å². The summed E-state index contributed by atoms with van der Waals surface area (Å²) in [7, 11) is 0. The smallest absolute Gasteiger partial charge is 0.308 e. The fourth-order valence-electron chi connectivity index (χ4n) is 4.31. The fraction of sp³-hybridized carbons (Fsp3) is 0.812. The molecule has 2 saturated carbocycles. The van der Waals surface area contributed by atoms with Gasteiger partial charge in [0.25, 0.3) is 0 Å². The number of ether oxygens (including phenoxy) is 3.